The van der Waals surface area contributed by atoms with E-state index in [-0.39, 0.29) is 24.8 Å². The Kier molecular flexibility index (Phi) is 7.73. The van der Waals surface area contributed by atoms with Crippen molar-refractivity contribution in [2.24, 2.45) is 0 Å². The maximum absolute atomic E-state index is 12.1. The lowest BCUT2D eigenvalue weighted by atomic mass is 10.2. The molecule has 7 nitrogen and oxygen atoms in total. The zero-order chi connectivity index (χ0) is 21.5. The molecule has 10 heteroatoms. The van der Waals surface area contributed by atoms with Crippen molar-refractivity contribution in [1.29, 1.82) is 0 Å². The minimum Gasteiger partial charge on any atom is -0.465 e. The number of ether oxygens (including phenoxy) is 1. The van der Waals surface area contributed by atoms with Crippen LogP contribution >= 0.6 is 35.0 Å². The first-order valence-corrected chi connectivity index (χ1v) is 10.7. The normalized spacial score (nSPS) is 10.6. The molecule has 1 N–H and O–H groups in total. The highest BCUT2D eigenvalue weighted by Crippen LogP contribution is 2.32. The van der Waals surface area contributed by atoms with Gasteiger partial charge in [-0.3, -0.25) is 14.2 Å². The van der Waals surface area contributed by atoms with E-state index in [1.54, 1.807) is 29.7 Å². The third kappa shape index (κ3) is 5.53. The second kappa shape index (κ2) is 10.5. The van der Waals surface area contributed by atoms with Gasteiger partial charge in [-0.2, -0.15) is 0 Å². The quantitative estimate of drug-likeness (QED) is 0.400. The van der Waals surface area contributed by atoms with Crippen LogP contribution in [-0.2, 0) is 14.3 Å². The van der Waals surface area contributed by atoms with Gasteiger partial charge < -0.3 is 10.1 Å². The number of esters is 1. The molecule has 0 saturated heterocycles. The molecular weight excluding hydrogens is 447 g/mol. The largest absolute Gasteiger partial charge is 0.465 e. The van der Waals surface area contributed by atoms with Crippen molar-refractivity contribution in [3.8, 4) is 17.1 Å². The van der Waals surface area contributed by atoms with E-state index in [0.717, 1.165) is 5.69 Å². The summed E-state index contributed by atoms with van der Waals surface area (Å²) in [7, 11) is 0. The summed E-state index contributed by atoms with van der Waals surface area (Å²) >= 11 is 13.6. The van der Waals surface area contributed by atoms with Gasteiger partial charge in [-0.1, -0.05) is 47.1 Å². The lowest BCUT2D eigenvalue weighted by Gasteiger charge is -2.11. The first-order chi connectivity index (χ1) is 14.5. The molecule has 0 aliphatic carbocycles. The fraction of sp³-hybridized carbons (Fsp3) is 0.200. The van der Waals surface area contributed by atoms with E-state index in [0.29, 0.717) is 26.6 Å². The van der Waals surface area contributed by atoms with Crippen LogP contribution in [0.25, 0.3) is 17.1 Å². The van der Waals surface area contributed by atoms with Crippen molar-refractivity contribution in [1.82, 2.24) is 20.1 Å². The van der Waals surface area contributed by atoms with Gasteiger partial charge in [-0.15, -0.1) is 10.2 Å². The van der Waals surface area contributed by atoms with Gasteiger partial charge in [0, 0.05) is 16.3 Å². The number of amides is 1. The van der Waals surface area contributed by atoms with Gasteiger partial charge >= 0.3 is 5.97 Å². The Labute approximate surface area is 187 Å². The molecule has 3 rings (SSSR count). The number of hydrogen-bond donors (Lipinski definition) is 1. The molecule has 0 fully saturated rings. The first-order valence-electron chi connectivity index (χ1n) is 9.01. The fourth-order valence-electron chi connectivity index (χ4n) is 2.57. The van der Waals surface area contributed by atoms with Crippen molar-refractivity contribution in [2.75, 3.05) is 18.9 Å². The SMILES string of the molecule is CCOC(=O)CNC(=O)CSc1nnc(-c2ccccc2Cl)n1-c1ccc(Cl)cc1. The number of carbonyl (C=O) groups is 2. The number of halogens is 2. The molecular formula is C20H18Cl2N4O3S. The van der Waals surface area contributed by atoms with Crippen LogP contribution in [0.15, 0.2) is 53.7 Å². The van der Waals surface area contributed by atoms with Gasteiger partial charge in [0.1, 0.15) is 6.54 Å². The summed E-state index contributed by atoms with van der Waals surface area (Å²) in [5.41, 5.74) is 1.48. The molecule has 30 heavy (non-hydrogen) atoms. The highest BCUT2D eigenvalue weighted by molar-refractivity contribution is 7.99. The topological polar surface area (TPSA) is 86.1 Å². The predicted octanol–water partition coefficient (Wildman–Crippen LogP) is 4.01. The maximum Gasteiger partial charge on any atom is 0.325 e. The monoisotopic (exact) mass is 464 g/mol. The molecule has 3 aromatic rings. The molecule has 2 aromatic carbocycles. The van der Waals surface area contributed by atoms with Crippen LogP contribution < -0.4 is 5.32 Å². The lowest BCUT2D eigenvalue weighted by Crippen LogP contribution is -2.31. The van der Waals surface area contributed by atoms with Crippen molar-refractivity contribution in [3.05, 3.63) is 58.6 Å². The van der Waals surface area contributed by atoms with Gasteiger partial charge in [0.25, 0.3) is 0 Å². The number of nitrogens with one attached hydrogen (secondary N) is 1. The van der Waals surface area contributed by atoms with Crippen molar-refractivity contribution >= 4 is 46.8 Å². The molecule has 1 aromatic heterocycles. The molecule has 156 valence electrons. The highest BCUT2D eigenvalue weighted by atomic mass is 35.5. The van der Waals surface area contributed by atoms with E-state index in [4.69, 9.17) is 27.9 Å². The molecule has 0 bridgehead atoms. The van der Waals surface area contributed by atoms with Gasteiger partial charge in [0.15, 0.2) is 11.0 Å². The number of aromatic nitrogens is 3. The molecule has 0 aliphatic rings. The molecule has 1 amide bonds. The van der Waals surface area contributed by atoms with Crippen LogP contribution in [0.3, 0.4) is 0 Å². The second-order valence-corrected chi connectivity index (χ2v) is 7.75. The molecule has 0 saturated carbocycles. The molecule has 0 unspecified atom stereocenters. The number of thioether (sulfide) groups is 1. The summed E-state index contributed by atoms with van der Waals surface area (Å²) in [6, 6.07) is 14.5. The van der Waals surface area contributed by atoms with Gasteiger partial charge in [-0.25, -0.2) is 0 Å². The number of hydrogen-bond acceptors (Lipinski definition) is 6. The second-order valence-electron chi connectivity index (χ2n) is 5.97. The van der Waals surface area contributed by atoms with E-state index >= 15 is 0 Å². The van der Waals surface area contributed by atoms with Gasteiger partial charge in [-0.05, 0) is 43.3 Å². The number of nitrogens with zero attached hydrogens (tertiary/aromatic N) is 3. The highest BCUT2D eigenvalue weighted by Gasteiger charge is 2.19. The summed E-state index contributed by atoms with van der Waals surface area (Å²) < 4.78 is 6.60. The minimum atomic E-state index is -0.485. The molecule has 1 heterocycles. The standard InChI is InChI=1S/C20H18Cl2N4O3S/c1-2-29-18(28)11-23-17(27)12-30-20-25-24-19(15-5-3-4-6-16(15)22)26(20)14-9-7-13(21)8-10-14/h3-10H,2,11-12H2,1H3,(H,23,27). The fourth-order valence-corrected chi connectivity index (χ4v) is 3.70. The van der Waals surface area contributed by atoms with Gasteiger partial charge in [0.2, 0.25) is 5.91 Å². The Morgan fingerprint density at radius 2 is 1.83 bits per heavy atom. The molecule has 0 radical (unpaired) electrons. The average Bonchev–Trinajstić information content (AvgIpc) is 3.15. The molecule has 0 spiro atoms. The summed E-state index contributed by atoms with van der Waals surface area (Å²) in [4.78, 5) is 23.5. The Bertz CT molecular complexity index is 1040. The van der Waals surface area contributed by atoms with E-state index in [1.807, 2.05) is 30.3 Å². The summed E-state index contributed by atoms with van der Waals surface area (Å²) in [5, 5.41) is 12.7. The van der Waals surface area contributed by atoms with Crippen LogP contribution in [0.5, 0.6) is 0 Å². The van der Waals surface area contributed by atoms with E-state index in [1.165, 1.54) is 11.8 Å². The van der Waals surface area contributed by atoms with Crippen LogP contribution in [0.4, 0.5) is 0 Å². The smallest absolute Gasteiger partial charge is 0.325 e. The molecule has 0 atom stereocenters. The van der Waals surface area contributed by atoms with Gasteiger partial charge in [0.05, 0.1) is 17.4 Å². The van der Waals surface area contributed by atoms with Crippen molar-refractivity contribution in [3.63, 3.8) is 0 Å². The lowest BCUT2D eigenvalue weighted by molar-refractivity contribution is -0.143. The summed E-state index contributed by atoms with van der Waals surface area (Å²) in [6.07, 6.45) is 0. The van der Waals surface area contributed by atoms with E-state index in [9.17, 15) is 9.59 Å². The third-order valence-corrected chi connectivity index (χ3v) is 5.41. The minimum absolute atomic E-state index is 0.0493. The van der Waals surface area contributed by atoms with Crippen LogP contribution in [0.2, 0.25) is 10.0 Å². The first kappa shape index (κ1) is 22.1. The maximum atomic E-state index is 12.1. The van der Waals surface area contributed by atoms with E-state index in [2.05, 4.69) is 15.5 Å². The Hall–Kier alpha value is -2.55. The number of rotatable bonds is 8. The van der Waals surface area contributed by atoms with E-state index < -0.39 is 5.97 Å². The Balaban J connectivity index is 1.84. The zero-order valence-corrected chi connectivity index (χ0v) is 18.3. The number of carbonyl (C=O) groups excluding carboxylic acids is 2. The molecule has 0 aliphatic heterocycles. The van der Waals surface area contributed by atoms with Crippen LogP contribution in [0.1, 0.15) is 6.92 Å². The summed E-state index contributed by atoms with van der Waals surface area (Å²) in [6.45, 7) is 1.79. The average molecular weight is 465 g/mol. The Morgan fingerprint density at radius 3 is 2.53 bits per heavy atom. The number of benzene rings is 2. The van der Waals surface area contributed by atoms with Crippen LogP contribution in [-0.4, -0.2) is 45.5 Å². The van der Waals surface area contributed by atoms with Crippen molar-refractivity contribution < 1.29 is 14.3 Å². The predicted molar refractivity (Wildman–Crippen MR) is 117 cm³/mol. The zero-order valence-electron chi connectivity index (χ0n) is 16.0. The van der Waals surface area contributed by atoms with Crippen LogP contribution in [0, 0.1) is 0 Å². The summed E-state index contributed by atoms with van der Waals surface area (Å²) in [5.74, 6) is -0.218. The van der Waals surface area contributed by atoms with Crippen molar-refractivity contribution in [2.45, 2.75) is 12.1 Å². The Morgan fingerprint density at radius 1 is 1.10 bits per heavy atom. The third-order valence-electron chi connectivity index (χ3n) is 3.90.